The molecule has 0 aliphatic rings. The lowest BCUT2D eigenvalue weighted by atomic mass is 10.2. The van der Waals surface area contributed by atoms with E-state index in [2.05, 4.69) is 5.32 Å². The van der Waals surface area contributed by atoms with Crippen LogP contribution in [0.2, 0.25) is 10.0 Å². The summed E-state index contributed by atoms with van der Waals surface area (Å²) in [4.78, 5) is 23.2. The van der Waals surface area contributed by atoms with Gasteiger partial charge in [0.25, 0.3) is 0 Å². The van der Waals surface area contributed by atoms with E-state index < -0.39 is 18.5 Å². The summed E-state index contributed by atoms with van der Waals surface area (Å²) in [6.07, 6.45) is 0. The Hall–Kier alpha value is -1.46. The predicted octanol–water partition coefficient (Wildman–Crippen LogP) is 2.85. The number of hydrogen-bond donors (Lipinski definition) is 2. The second-order valence-corrected chi connectivity index (χ2v) is 4.52. The lowest BCUT2D eigenvalue weighted by molar-refractivity contribution is -0.137. The maximum atomic E-state index is 11.7. The number of urea groups is 1. The number of likely N-dealkylation sites (N-methyl/N-ethyl adjacent to an activating group) is 1. The van der Waals surface area contributed by atoms with E-state index >= 15 is 0 Å². The highest BCUT2D eigenvalue weighted by molar-refractivity contribution is 6.40. The zero-order valence-corrected chi connectivity index (χ0v) is 11.3. The molecule has 2 N–H and O–H groups in total. The zero-order chi connectivity index (χ0) is 13.9. The van der Waals surface area contributed by atoms with Crippen LogP contribution in [0.25, 0.3) is 0 Å². The number of rotatable bonds is 3. The minimum Gasteiger partial charge on any atom is -0.480 e. The number of halogens is 2. The Morgan fingerprint density at radius 2 is 2.00 bits per heavy atom. The number of carboxylic acids is 1. The van der Waals surface area contributed by atoms with Crippen molar-refractivity contribution in [2.24, 2.45) is 0 Å². The van der Waals surface area contributed by atoms with E-state index in [1.807, 2.05) is 0 Å². The summed E-state index contributed by atoms with van der Waals surface area (Å²) in [6.45, 7) is 1.36. The van der Waals surface area contributed by atoms with E-state index in [-0.39, 0.29) is 5.69 Å². The molecule has 7 heteroatoms. The highest BCUT2D eigenvalue weighted by Crippen LogP contribution is 2.32. The molecule has 18 heavy (non-hydrogen) atoms. The Balaban J connectivity index is 2.88. The van der Waals surface area contributed by atoms with Gasteiger partial charge in [-0.3, -0.25) is 4.79 Å². The Kier molecular flexibility index (Phi) is 4.81. The van der Waals surface area contributed by atoms with E-state index in [1.54, 1.807) is 19.1 Å². The SMILES string of the molecule is Cc1ccc(Cl)c(NC(=O)N(C)CC(=O)O)c1Cl. The first-order chi connectivity index (χ1) is 8.32. The maximum Gasteiger partial charge on any atom is 0.323 e. The topological polar surface area (TPSA) is 69.6 Å². The molecule has 98 valence electrons. The quantitative estimate of drug-likeness (QED) is 0.899. The third-order valence-corrected chi connectivity index (χ3v) is 3.04. The Labute approximate surface area is 114 Å². The van der Waals surface area contributed by atoms with Gasteiger partial charge in [0.1, 0.15) is 6.54 Å². The van der Waals surface area contributed by atoms with Crippen molar-refractivity contribution in [3.8, 4) is 0 Å². The van der Waals surface area contributed by atoms with Gasteiger partial charge < -0.3 is 15.3 Å². The zero-order valence-electron chi connectivity index (χ0n) is 9.83. The van der Waals surface area contributed by atoms with Crippen LogP contribution in [0.3, 0.4) is 0 Å². The Morgan fingerprint density at radius 3 is 2.56 bits per heavy atom. The summed E-state index contributed by atoms with van der Waals surface area (Å²) in [5.74, 6) is -1.10. The number of anilines is 1. The molecule has 0 fully saturated rings. The van der Waals surface area contributed by atoms with Crippen molar-refractivity contribution in [2.75, 3.05) is 18.9 Å². The molecule has 0 aromatic heterocycles. The first kappa shape index (κ1) is 14.6. The first-order valence-corrected chi connectivity index (χ1v) is 5.77. The number of amides is 2. The van der Waals surface area contributed by atoms with E-state index in [9.17, 15) is 9.59 Å². The normalized spacial score (nSPS) is 10.0. The largest absolute Gasteiger partial charge is 0.480 e. The lowest BCUT2D eigenvalue weighted by Crippen LogP contribution is -2.35. The van der Waals surface area contributed by atoms with Gasteiger partial charge >= 0.3 is 12.0 Å². The number of carbonyl (C=O) groups excluding carboxylic acids is 1. The molecule has 0 atom stereocenters. The fourth-order valence-electron chi connectivity index (χ4n) is 1.25. The molecular weight excluding hydrogens is 279 g/mol. The molecule has 0 aliphatic heterocycles. The minimum atomic E-state index is -1.10. The molecule has 0 bridgehead atoms. The van der Waals surface area contributed by atoms with Crippen molar-refractivity contribution in [1.82, 2.24) is 4.90 Å². The van der Waals surface area contributed by atoms with Crippen LogP contribution >= 0.6 is 23.2 Å². The summed E-state index contributed by atoms with van der Waals surface area (Å²) in [7, 11) is 1.36. The minimum absolute atomic E-state index is 0.278. The van der Waals surface area contributed by atoms with Crippen LogP contribution in [0.5, 0.6) is 0 Å². The van der Waals surface area contributed by atoms with Crippen molar-refractivity contribution in [3.63, 3.8) is 0 Å². The molecular formula is C11H12Cl2N2O3. The summed E-state index contributed by atoms with van der Waals surface area (Å²) in [5.41, 5.74) is 1.04. The first-order valence-electron chi connectivity index (χ1n) is 5.01. The second-order valence-electron chi connectivity index (χ2n) is 3.73. The average molecular weight is 291 g/mol. The average Bonchev–Trinajstić information content (AvgIpc) is 2.28. The van der Waals surface area contributed by atoms with Gasteiger partial charge in [0, 0.05) is 7.05 Å². The van der Waals surface area contributed by atoms with Crippen molar-refractivity contribution < 1.29 is 14.7 Å². The molecule has 1 aromatic carbocycles. The van der Waals surface area contributed by atoms with Crippen molar-refractivity contribution in [1.29, 1.82) is 0 Å². The number of nitrogens with one attached hydrogen (secondary N) is 1. The number of aryl methyl sites for hydroxylation is 1. The monoisotopic (exact) mass is 290 g/mol. The van der Waals surface area contributed by atoms with E-state index in [4.69, 9.17) is 28.3 Å². The summed E-state index contributed by atoms with van der Waals surface area (Å²) < 4.78 is 0. The standard InChI is InChI=1S/C11H12Cl2N2O3/c1-6-3-4-7(12)10(9(6)13)14-11(18)15(2)5-8(16)17/h3-4H,5H2,1-2H3,(H,14,18)(H,16,17). The van der Waals surface area contributed by atoms with Gasteiger partial charge in [-0.2, -0.15) is 0 Å². The summed E-state index contributed by atoms with van der Waals surface area (Å²) in [5, 5.41) is 11.7. The molecule has 0 radical (unpaired) electrons. The van der Waals surface area contributed by atoms with Crippen LogP contribution in [-0.4, -0.2) is 35.6 Å². The Morgan fingerprint density at radius 1 is 1.39 bits per heavy atom. The second kappa shape index (κ2) is 5.93. The van der Waals surface area contributed by atoms with Gasteiger partial charge in [0.2, 0.25) is 0 Å². The number of nitrogens with zero attached hydrogens (tertiary/aromatic N) is 1. The highest BCUT2D eigenvalue weighted by Gasteiger charge is 2.16. The molecule has 0 heterocycles. The molecule has 0 saturated heterocycles. The van der Waals surface area contributed by atoms with Crippen molar-refractivity contribution in [3.05, 3.63) is 27.7 Å². The van der Waals surface area contributed by atoms with E-state index in [0.717, 1.165) is 10.5 Å². The number of carboxylic acid groups (broad SMARTS) is 1. The van der Waals surface area contributed by atoms with Gasteiger partial charge in [0.15, 0.2) is 0 Å². The van der Waals surface area contributed by atoms with Crippen molar-refractivity contribution >= 4 is 40.9 Å². The summed E-state index contributed by atoms with van der Waals surface area (Å²) in [6, 6.07) is 2.74. The molecule has 1 rings (SSSR count). The fraction of sp³-hybridized carbons (Fsp3) is 0.273. The number of carbonyl (C=O) groups is 2. The number of benzene rings is 1. The predicted molar refractivity (Wildman–Crippen MR) is 70.5 cm³/mol. The van der Waals surface area contributed by atoms with Crippen LogP contribution in [0.1, 0.15) is 5.56 Å². The molecule has 0 spiro atoms. The third kappa shape index (κ3) is 3.51. The molecule has 2 amide bonds. The number of hydrogen-bond acceptors (Lipinski definition) is 2. The summed E-state index contributed by atoms with van der Waals surface area (Å²) >= 11 is 11.9. The van der Waals surface area contributed by atoms with Gasteiger partial charge in [-0.25, -0.2) is 4.79 Å². The third-order valence-electron chi connectivity index (χ3n) is 2.24. The van der Waals surface area contributed by atoms with Crippen LogP contribution in [0, 0.1) is 6.92 Å². The van der Waals surface area contributed by atoms with Crippen LogP contribution in [0.4, 0.5) is 10.5 Å². The fourth-order valence-corrected chi connectivity index (χ4v) is 1.71. The highest BCUT2D eigenvalue weighted by atomic mass is 35.5. The van der Waals surface area contributed by atoms with Gasteiger partial charge in [-0.1, -0.05) is 29.3 Å². The van der Waals surface area contributed by atoms with Crippen LogP contribution in [0.15, 0.2) is 12.1 Å². The lowest BCUT2D eigenvalue weighted by Gasteiger charge is -2.17. The van der Waals surface area contributed by atoms with Crippen LogP contribution in [-0.2, 0) is 4.79 Å². The van der Waals surface area contributed by atoms with Crippen LogP contribution < -0.4 is 5.32 Å². The smallest absolute Gasteiger partial charge is 0.323 e. The van der Waals surface area contributed by atoms with Crippen molar-refractivity contribution in [2.45, 2.75) is 6.92 Å². The van der Waals surface area contributed by atoms with E-state index in [1.165, 1.54) is 7.05 Å². The Bertz CT molecular complexity index is 491. The molecule has 0 unspecified atom stereocenters. The molecule has 0 saturated carbocycles. The molecule has 1 aromatic rings. The van der Waals surface area contributed by atoms with Gasteiger partial charge in [0.05, 0.1) is 15.7 Å². The van der Waals surface area contributed by atoms with E-state index in [0.29, 0.717) is 10.0 Å². The maximum absolute atomic E-state index is 11.7. The molecule has 5 nitrogen and oxygen atoms in total. The van der Waals surface area contributed by atoms with Gasteiger partial charge in [-0.05, 0) is 18.6 Å². The molecule has 0 aliphatic carbocycles. The van der Waals surface area contributed by atoms with Gasteiger partial charge in [-0.15, -0.1) is 0 Å². The number of aliphatic carboxylic acids is 1.